The number of imidazole rings is 2. The zero-order valence-corrected chi connectivity index (χ0v) is 34.8. The minimum atomic E-state index is -0.522. The Morgan fingerprint density at radius 3 is 1.76 bits per heavy atom. The van der Waals surface area contributed by atoms with Crippen LogP contribution in [0.5, 0.6) is 0 Å². The van der Waals surface area contributed by atoms with E-state index in [1.54, 1.807) is 30.7 Å². The lowest BCUT2D eigenvalue weighted by Gasteiger charge is -2.22. The number of nitrogens with one attached hydrogen (secondary N) is 1. The Morgan fingerprint density at radius 1 is 0.764 bits per heavy atom. The standard InChI is InChI=1S/C21H23Cl2N5O2S.C16H15Cl2N5S/c1-21(2,3)30-20(29)26-13-7-9-27(12-13)19-25-11-16(18-24-8-10-28(18)19)31-15-6-4-5-14(22)17(15)23;17-11-2-1-3-12(14(11)18)24-13-8-21-16(22-6-4-10(19)9-22)23-7-5-20-15(13)23/h4-6,8,10-11,13H,7,9,12H2,1-3H3,(H,26,29);1-3,5,7-8,10H,4,6,9,19H2. The van der Waals surface area contributed by atoms with Crippen LogP contribution in [0.25, 0.3) is 11.3 Å². The second-order valence-corrected chi connectivity index (χ2v) is 17.7. The van der Waals surface area contributed by atoms with E-state index >= 15 is 0 Å². The second-order valence-electron chi connectivity index (χ2n) is 14.0. The Kier molecular flexibility index (Phi) is 12.1. The molecule has 0 aliphatic carbocycles. The Bertz CT molecular complexity index is 2340. The topological polar surface area (TPSA) is 131 Å². The molecule has 2 aliphatic rings. The first-order valence-electron chi connectivity index (χ1n) is 17.5. The van der Waals surface area contributed by atoms with Gasteiger partial charge in [0.15, 0.2) is 11.3 Å². The molecule has 1 amide bonds. The number of benzene rings is 2. The number of aromatic nitrogens is 6. The zero-order chi connectivity index (χ0) is 38.9. The van der Waals surface area contributed by atoms with Crippen molar-refractivity contribution in [1.82, 2.24) is 34.1 Å². The van der Waals surface area contributed by atoms with E-state index in [0.29, 0.717) is 26.6 Å². The van der Waals surface area contributed by atoms with E-state index in [-0.39, 0.29) is 12.1 Å². The Morgan fingerprint density at radius 2 is 1.27 bits per heavy atom. The number of ether oxygens (including phenoxy) is 1. The molecule has 2 aliphatic heterocycles. The van der Waals surface area contributed by atoms with Gasteiger partial charge in [-0.3, -0.25) is 8.80 Å². The highest BCUT2D eigenvalue weighted by Gasteiger charge is 2.29. The summed E-state index contributed by atoms with van der Waals surface area (Å²) in [6.07, 6.45) is 12.4. The molecule has 4 aromatic heterocycles. The van der Waals surface area contributed by atoms with Crippen molar-refractivity contribution >= 4 is 99.2 Å². The normalized spacial score (nSPS) is 17.2. The van der Waals surface area contributed by atoms with Crippen LogP contribution in [0.1, 0.15) is 33.6 Å². The first-order valence-corrected chi connectivity index (χ1v) is 20.6. The van der Waals surface area contributed by atoms with Gasteiger partial charge in [0, 0.05) is 79.2 Å². The highest BCUT2D eigenvalue weighted by atomic mass is 35.5. The van der Waals surface area contributed by atoms with Gasteiger partial charge in [-0.1, -0.05) is 82.1 Å². The molecule has 0 bridgehead atoms. The van der Waals surface area contributed by atoms with E-state index < -0.39 is 11.7 Å². The van der Waals surface area contributed by atoms with Gasteiger partial charge in [-0.25, -0.2) is 24.7 Å². The molecule has 288 valence electrons. The van der Waals surface area contributed by atoms with E-state index in [0.717, 1.165) is 75.2 Å². The zero-order valence-electron chi connectivity index (χ0n) is 30.1. The molecule has 18 heteroatoms. The Hall–Kier alpha value is -3.63. The van der Waals surface area contributed by atoms with Crippen molar-refractivity contribution in [3.63, 3.8) is 0 Å². The van der Waals surface area contributed by atoms with E-state index in [9.17, 15) is 4.79 Å². The summed E-state index contributed by atoms with van der Waals surface area (Å²) in [5, 5.41) is 5.05. The average molecular weight is 861 g/mol. The molecule has 2 atom stereocenters. The van der Waals surface area contributed by atoms with Crippen LogP contribution in [0.4, 0.5) is 16.7 Å². The first kappa shape index (κ1) is 39.6. The molecular formula is C37H38Cl4N10O2S2. The summed E-state index contributed by atoms with van der Waals surface area (Å²) < 4.78 is 9.32. The number of hydrogen-bond donors (Lipinski definition) is 2. The van der Waals surface area contributed by atoms with Crippen molar-refractivity contribution in [2.45, 2.75) is 70.9 Å². The van der Waals surface area contributed by atoms with Crippen LogP contribution in [0, 0.1) is 0 Å². The molecule has 6 aromatic rings. The average Bonchev–Trinajstić information content (AvgIpc) is 3.97. The quantitative estimate of drug-likeness (QED) is 0.160. The maximum Gasteiger partial charge on any atom is 0.407 e. The van der Waals surface area contributed by atoms with E-state index in [1.165, 1.54) is 23.5 Å². The molecule has 6 heterocycles. The highest BCUT2D eigenvalue weighted by molar-refractivity contribution is 8.00. The molecule has 2 fully saturated rings. The van der Waals surface area contributed by atoms with Crippen LogP contribution in [-0.4, -0.2) is 78.7 Å². The molecule has 55 heavy (non-hydrogen) atoms. The number of halogens is 4. The number of fused-ring (bicyclic) bond motifs is 2. The van der Waals surface area contributed by atoms with Crippen molar-refractivity contribution < 1.29 is 9.53 Å². The van der Waals surface area contributed by atoms with Gasteiger partial charge in [-0.2, -0.15) is 0 Å². The smallest absolute Gasteiger partial charge is 0.407 e. The van der Waals surface area contributed by atoms with Crippen LogP contribution in [0.2, 0.25) is 20.1 Å². The van der Waals surface area contributed by atoms with Crippen LogP contribution in [0.15, 0.2) is 93.2 Å². The number of rotatable bonds is 7. The second kappa shape index (κ2) is 16.8. The van der Waals surface area contributed by atoms with Gasteiger partial charge in [0.1, 0.15) is 5.60 Å². The summed E-state index contributed by atoms with van der Waals surface area (Å²) in [4.78, 5) is 38.3. The third-order valence-electron chi connectivity index (χ3n) is 8.72. The van der Waals surface area contributed by atoms with Crippen molar-refractivity contribution in [2.24, 2.45) is 5.73 Å². The third kappa shape index (κ3) is 9.17. The van der Waals surface area contributed by atoms with Gasteiger partial charge in [0.2, 0.25) is 11.9 Å². The molecule has 2 saturated heterocycles. The van der Waals surface area contributed by atoms with Gasteiger partial charge in [-0.15, -0.1) is 0 Å². The molecule has 12 nitrogen and oxygen atoms in total. The lowest BCUT2D eigenvalue weighted by atomic mass is 10.2. The van der Waals surface area contributed by atoms with Crippen molar-refractivity contribution in [3.8, 4) is 0 Å². The number of anilines is 2. The summed E-state index contributed by atoms with van der Waals surface area (Å²) in [7, 11) is 0. The van der Waals surface area contributed by atoms with Crippen LogP contribution in [0.3, 0.4) is 0 Å². The number of alkyl carbamates (subject to hydrolysis) is 1. The molecule has 8 rings (SSSR count). The molecule has 2 aromatic carbocycles. The number of carbonyl (C=O) groups excluding carboxylic acids is 1. The SMILES string of the molecule is CC(C)(C)OC(=O)NC1CCN(c2ncc(Sc3cccc(Cl)c3Cl)c3nccn23)C1.NC1CCN(c2ncc(Sc3cccc(Cl)c3Cl)c3nccn23)C1. The van der Waals surface area contributed by atoms with Gasteiger partial charge >= 0.3 is 6.09 Å². The molecular weight excluding hydrogens is 822 g/mol. The van der Waals surface area contributed by atoms with E-state index in [4.69, 9.17) is 61.9 Å². The van der Waals surface area contributed by atoms with Crippen molar-refractivity contribution in [3.05, 3.63) is 93.7 Å². The lowest BCUT2D eigenvalue weighted by molar-refractivity contribution is 0.0509. The lowest BCUT2D eigenvalue weighted by Crippen LogP contribution is -2.40. The predicted molar refractivity (Wildman–Crippen MR) is 222 cm³/mol. The number of hydrogen-bond acceptors (Lipinski definition) is 11. The summed E-state index contributed by atoms with van der Waals surface area (Å²) in [6.45, 7) is 8.69. The maximum atomic E-state index is 12.1. The molecule has 3 N–H and O–H groups in total. The van der Waals surface area contributed by atoms with Gasteiger partial charge in [-0.05, 0) is 57.9 Å². The maximum absolute atomic E-state index is 12.1. The number of amides is 1. The predicted octanol–water partition coefficient (Wildman–Crippen LogP) is 9.02. The van der Waals surface area contributed by atoms with Crippen LogP contribution in [-0.2, 0) is 4.74 Å². The summed E-state index contributed by atoms with van der Waals surface area (Å²) >= 11 is 27.9. The largest absolute Gasteiger partial charge is 0.444 e. The first-order chi connectivity index (χ1) is 26.3. The summed E-state index contributed by atoms with van der Waals surface area (Å²) in [5.41, 5.74) is 7.13. The molecule has 0 radical (unpaired) electrons. The fourth-order valence-corrected chi connectivity index (χ4v) is 9.05. The van der Waals surface area contributed by atoms with Gasteiger partial charge in [0.25, 0.3) is 0 Å². The summed E-state index contributed by atoms with van der Waals surface area (Å²) in [6, 6.07) is 11.3. The third-order valence-corrected chi connectivity index (χ3v) is 12.7. The number of nitrogens with two attached hydrogens (primary N) is 1. The van der Waals surface area contributed by atoms with Crippen LogP contribution < -0.4 is 20.9 Å². The van der Waals surface area contributed by atoms with Crippen molar-refractivity contribution in [2.75, 3.05) is 36.0 Å². The fraction of sp³-hybridized carbons (Fsp3) is 0.324. The Balaban J connectivity index is 0.000000174. The van der Waals surface area contributed by atoms with E-state index in [1.807, 2.05) is 72.4 Å². The highest BCUT2D eigenvalue weighted by Crippen LogP contribution is 2.40. The Labute approximate surface area is 347 Å². The van der Waals surface area contributed by atoms with Gasteiger partial charge in [0.05, 0.1) is 35.9 Å². The van der Waals surface area contributed by atoms with E-state index in [2.05, 4.69) is 30.1 Å². The minimum Gasteiger partial charge on any atom is -0.444 e. The van der Waals surface area contributed by atoms with Crippen LogP contribution >= 0.6 is 69.9 Å². The van der Waals surface area contributed by atoms with Crippen molar-refractivity contribution in [1.29, 1.82) is 0 Å². The summed E-state index contributed by atoms with van der Waals surface area (Å²) in [5.74, 6) is 1.65. The number of carbonyl (C=O) groups is 1. The monoisotopic (exact) mass is 858 g/mol. The minimum absolute atomic E-state index is 0.00506. The van der Waals surface area contributed by atoms with Gasteiger partial charge < -0.3 is 25.6 Å². The fourth-order valence-electron chi connectivity index (χ4n) is 6.24. The molecule has 2 unspecified atom stereocenters. The number of nitrogens with zero attached hydrogens (tertiary/aromatic N) is 8. The molecule has 0 saturated carbocycles. The molecule has 0 spiro atoms.